The van der Waals surface area contributed by atoms with Crippen molar-refractivity contribution in [2.75, 3.05) is 20.2 Å². The van der Waals surface area contributed by atoms with Crippen molar-refractivity contribution in [1.29, 1.82) is 0 Å². The smallest absolute Gasteiger partial charge is 0.317 e. The average molecular weight is 300 g/mol. The molecule has 1 heterocycles. The van der Waals surface area contributed by atoms with Gasteiger partial charge in [-0.3, -0.25) is 9.69 Å². The third-order valence-corrected chi connectivity index (χ3v) is 3.70. The van der Waals surface area contributed by atoms with Crippen molar-refractivity contribution >= 4 is 18.4 Å². The van der Waals surface area contributed by atoms with E-state index in [9.17, 15) is 4.79 Å². The Labute approximate surface area is 126 Å². The van der Waals surface area contributed by atoms with Gasteiger partial charge in [0.1, 0.15) is 5.75 Å². The molecule has 1 fully saturated rings. The summed E-state index contributed by atoms with van der Waals surface area (Å²) in [5.74, 6) is 0.0857. The van der Waals surface area contributed by atoms with Crippen LogP contribution in [0.4, 0.5) is 0 Å². The molecule has 4 nitrogen and oxygen atoms in total. The van der Waals surface area contributed by atoms with Crippen LogP contribution in [-0.2, 0) is 4.79 Å². The van der Waals surface area contributed by atoms with E-state index >= 15 is 0 Å². The lowest BCUT2D eigenvalue weighted by molar-refractivity contribution is -0.138. The second kappa shape index (κ2) is 8.12. The summed E-state index contributed by atoms with van der Waals surface area (Å²) in [5.41, 5.74) is 1.18. The molecular weight excluding hydrogens is 278 g/mol. The zero-order valence-electron chi connectivity index (χ0n) is 11.7. The molecule has 1 aromatic carbocycles. The Hall–Kier alpha value is -1.26. The highest BCUT2D eigenvalue weighted by atomic mass is 35.5. The number of carboxylic acids is 1. The number of likely N-dealkylation sites (tertiary alicyclic amines) is 1. The van der Waals surface area contributed by atoms with E-state index in [1.54, 1.807) is 7.11 Å². The summed E-state index contributed by atoms with van der Waals surface area (Å²) in [6, 6.07) is 8.19. The van der Waals surface area contributed by atoms with E-state index in [1.807, 2.05) is 24.3 Å². The Morgan fingerprint density at radius 1 is 1.30 bits per heavy atom. The number of rotatable bonds is 4. The fourth-order valence-corrected chi connectivity index (χ4v) is 2.73. The van der Waals surface area contributed by atoms with E-state index in [0.29, 0.717) is 0 Å². The Morgan fingerprint density at radius 3 is 2.60 bits per heavy atom. The largest absolute Gasteiger partial charge is 0.497 e. The van der Waals surface area contributed by atoms with Crippen LogP contribution in [0, 0.1) is 0 Å². The van der Waals surface area contributed by atoms with Gasteiger partial charge in [-0.1, -0.05) is 25.0 Å². The molecule has 2 rings (SSSR count). The fourth-order valence-electron chi connectivity index (χ4n) is 2.73. The molecular formula is C15H22ClNO3. The molecule has 1 unspecified atom stereocenters. The highest BCUT2D eigenvalue weighted by molar-refractivity contribution is 5.85. The molecule has 0 bridgehead atoms. The summed E-state index contributed by atoms with van der Waals surface area (Å²) in [7, 11) is 1.65. The van der Waals surface area contributed by atoms with Gasteiger partial charge in [0.05, 0.1) is 13.7 Å². The van der Waals surface area contributed by atoms with Gasteiger partial charge in [-0.2, -0.15) is 0 Å². The van der Waals surface area contributed by atoms with E-state index < -0.39 is 5.97 Å². The summed E-state index contributed by atoms with van der Waals surface area (Å²) >= 11 is 0. The number of halogens is 1. The lowest BCUT2D eigenvalue weighted by Crippen LogP contribution is -2.33. The number of methoxy groups -OCH3 is 1. The quantitative estimate of drug-likeness (QED) is 0.928. The zero-order chi connectivity index (χ0) is 13.7. The Bertz CT molecular complexity index is 422. The van der Waals surface area contributed by atoms with Crippen molar-refractivity contribution < 1.29 is 14.6 Å². The van der Waals surface area contributed by atoms with Gasteiger partial charge in [-0.15, -0.1) is 12.4 Å². The molecule has 0 spiro atoms. The van der Waals surface area contributed by atoms with Crippen molar-refractivity contribution in [3.8, 4) is 5.75 Å². The van der Waals surface area contributed by atoms with Crippen molar-refractivity contribution in [1.82, 2.24) is 4.90 Å². The van der Waals surface area contributed by atoms with Crippen LogP contribution in [0.1, 0.15) is 37.3 Å². The highest BCUT2D eigenvalue weighted by Crippen LogP contribution is 2.30. The number of ether oxygens (including phenoxy) is 1. The van der Waals surface area contributed by atoms with Crippen LogP contribution in [0.5, 0.6) is 5.75 Å². The fraction of sp³-hybridized carbons (Fsp3) is 0.533. The minimum atomic E-state index is -0.750. The van der Waals surface area contributed by atoms with E-state index in [0.717, 1.165) is 31.6 Å². The minimum absolute atomic E-state index is 0. The number of benzene rings is 1. The molecule has 0 aliphatic carbocycles. The number of hydrogen-bond donors (Lipinski definition) is 1. The maximum atomic E-state index is 11.0. The first-order valence-electron chi connectivity index (χ1n) is 6.80. The second-order valence-corrected chi connectivity index (χ2v) is 5.00. The maximum Gasteiger partial charge on any atom is 0.317 e. The van der Waals surface area contributed by atoms with Crippen LogP contribution in [0.2, 0.25) is 0 Å². The van der Waals surface area contributed by atoms with E-state index in [2.05, 4.69) is 4.90 Å². The first-order chi connectivity index (χ1) is 9.20. The standard InChI is InChI=1S/C15H21NO3.ClH/c1-19-13-8-6-12(7-9-13)14-5-3-2-4-10-16(14)11-15(17)18;/h6-9,14H,2-5,10-11H2,1H3,(H,17,18);1H. The van der Waals surface area contributed by atoms with Gasteiger partial charge in [0, 0.05) is 6.04 Å². The van der Waals surface area contributed by atoms with Crippen LogP contribution < -0.4 is 4.74 Å². The zero-order valence-corrected chi connectivity index (χ0v) is 12.6. The number of carboxylic acid groups (broad SMARTS) is 1. The second-order valence-electron chi connectivity index (χ2n) is 5.00. The van der Waals surface area contributed by atoms with Gasteiger partial charge in [0.25, 0.3) is 0 Å². The molecule has 1 aliphatic heterocycles. The minimum Gasteiger partial charge on any atom is -0.497 e. The number of hydrogen-bond acceptors (Lipinski definition) is 3. The Kier molecular flexibility index (Phi) is 6.82. The van der Waals surface area contributed by atoms with Crippen molar-refractivity contribution in [2.45, 2.75) is 31.7 Å². The molecule has 0 amide bonds. The van der Waals surface area contributed by atoms with Crippen molar-refractivity contribution in [2.24, 2.45) is 0 Å². The predicted octanol–water partition coefficient (Wildman–Crippen LogP) is 3.12. The Balaban J connectivity index is 0.00000200. The third kappa shape index (κ3) is 4.39. The number of carbonyl (C=O) groups is 1. The summed E-state index contributed by atoms with van der Waals surface area (Å²) in [6.45, 7) is 0.986. The molecule has 0 radical (unpaired) electrons. The van der Waals surface area contributed by atoms with E-state index in [1.165, 1.54) is 12.0 Å². The molecule has 1 N–H and O–H groups in total. The first-order valence-corrected chi connectivity index (χ1v) is 6.80. The molecule has 5 heteroatoms. The summed E-state index contributed by atoms with van der Waals surface area (Å²) in [6.07, 6.45) is 4.45. The molecule has 1 aromatic rings. The van der Waals surface area contributed by atoms with Crippen LogP contribution >= 0.6 is 12.4 Å². The van der Waals surface area contributed by atoms with Gasteiger partial charge >= 0.3 is 5.97 Å². The SMILES string of the molecule is COc1ccc(C2CCCCCN2CC(=O)O)cc1.Cl. The molecule has 20 heavy (non-hydrogen) atoms. The third-order valence-electron chi connectivity index (χ3n) is 3.70. The average Bonchev–Trinajstić information content (AvgIpc) is 2.64. The summed E-state index contributed by atoms with van der Waals surface area (Å²) in [5, 5.41) is 9.04. The predicted molar refractivity (Wildman–Crippen MR) is 80.7 cm³/mol. The van der Waals surface area contributed by atoms with E-state index in [4.69, 9.17) is 9.84 Å². The van der Waals surface area contributed by atoms with Gasteiger partial charge in [-0.05, 0) is 37.1 Å². The van der Waals surface area contributed by atoms with Gasteiger partial charge in [0.15, 0.2) is 0 Å². The van der Waals surface area contributed by atoms with E-state index in [-0.39, 0.29) is 25.0 Å². The maximum absolute atomic E-state index is 11.0. The van der Waals surface area contributed by atoms with Crippen LogP contribution in [0.25, 0.3) is 0 Å². The van der Waals surface area contributed by atoms with Crippen molar-refractivity contribution in [3.05, 3.63) is 29.8 Å². The number of aliphatic carboxylic acids is 1. The lowest BCUT2D eigenvalue weighted by atomic mass is 10.0. The van der Waals surface area contributed by atoms with Gasteiger partial charge in [0.2, 0.25) is 0 Å². The van der Waals surface area contributed by atoms with Crippen molar-refractivity contribution in [3.63, 3.8) is 0 Å². The molecule has 0 aromatic heterocycles. The molecule has 112 valence electrons. The molecule has 1 saturated heterocycles. The Morgan fingerprint density at radius 2 is 2.00 bits per heavy atom. The topological polar surface area (TPSA) is 49.8 Å². The van der Waals surface area contributed by atoms with Gasteiger partial charge in [-0.25, -0.2) is 0 Å². The monoisotopic (exact) mass is 299 g/mol. The normalized spacial score (nSPS) is 19.8. The molecule has 1 atom stereocenters. The first kappa shape index (κ1) is 16.8. The lowest BCUT2D eigenvalue weighted by Gasteiger charge is -2.28. The van der Waals surface area contributed by atoms with Crippen LogP contribution in [0.15, 0.2) is 24.3 Å². The van der Waals surface area contributed by atoms with Gasteiger partial charge < -0.3 is 9.84 Å². The molecule has 0 saturated carbocycles. The summed E-state index contributed by atoms with van der Waals surface area (Å²) in [4.78, 5) is 13.1. The number of nitrogens with zero attached hydrogens (tertiary/aromatic N) is 1. The van der Waals surface area contributed by atoms with Crippen LogP contribution in [0.3, 0.4) is 0 Å². The summed E-state index contributed by atoms with van der Waals surface area (Å²) < 4.78 is 5.16. The highest BCUT2D eigenvalue weighted by Gasteiger charge is 2.24. The molecule has 1 aliphatic rings. The van der Waals surface area contributed by atoms with Crippen LogP contribution in [-0.4, -0.2) is 36.2 Å².